The topological polar surface area (TPSA) is 22.8 Å². The summed E-state index contributed by atoms with van der Waals surface area (Å²) in [6, 6.07) is 17.2. The second kappa shape index (κ2) is 4.73. The van der Waals surface area contributed by atoms with E-state index in [1.54, 1.807) is 0 Å². The first kappa shape index (κ1) is 13.1. The molecular weight excluding hydrogens is 270 g/mol. The van der Waals surface area contributed by atoms with Crippen molar-refractivity contribution in [1.82, 2.24) is 14.1 Å². The summed E-state index contributed by atoms with van der Waals surface area (Å²) in [5, 5.41) is 1.27. The van der Waals surface area contributed by atoms with Gasteiger partial charge < -0.3 is 9.13 Å². The van der Waals surface area contributed by atoms with Crippen molar-refractivity contribution in [1.29, 1.82) is 0 Å². The molecule has 0 aliphatic rings. The van der Waals surface area contributed by atoms with Crippen molar-refractivity contribution in [3.63, 3.8) is 0 Å². The molecule has 3 heteroatoms. The van der Waals surface area contributed by atoms with Gasteiger partial charge in [0.05, 0.1) is 16.7 Å². The van der Waals surface area contributed by atoms with Crippen LogP contribution in [0.4, 0.5) is 0 Å². The van der Waals surface area contributed by atoms with E-state index in [4.69, 9.17) is 4.98 Å². The molecule has 0 bridgehead atoms. The summed E-state index contributed by atoms with van der Waals surface area (Å²) in [6.07, 6.45) is 0. The molecule has 0 N–H and O–H groups in total. The first-order chi connectivity index (χ1) is 10.7. The highest BCUT2D eigenvalue weighted by atomic mass is 15.1. The lowest BCUT2D eigenvalue weighted by Gasteiger charge is -2.08. The van der Waals surface area contributed by atoms with Gasteiger partial charge in [0.1, 0.15) is 0 Å². The van der Waals surface area contributed by atoms with Gasteiger partial charge in [-0.2, -0.15) is 0 Å². The highest BCUT2D eigenvalue weighted by molar-refractivity contribution is 5.88. The minimum Gasteiger partial charge on any atom is -0.338 e. The zero-order chi connectivity index (χ0) is 15.3. The maximum absolute atomic E-state index is 4.89. The van der Waals surface area contributed by atoms with Gasteiger partial charge in [-0.05, 0) is 43.7 Å². The monoisotopic (exact) mass is 289 g/mol. The third-order valence-corrected chi connectivity index (χ3v) is 4.39. The summed E-state index contributed by atoms with van der Waals surface area (Å²) in [5.74, 6) is 1.03. The van der Waals surface area contributed by atoms with Crippen LogP contribution < -0.4 is 0 Å². The van der Waals surface area contributed by atoms with Crippen molar-refractivity contribution in [2.75, 3.05) is 0 Å². The van der Waals surface area contributed by atoms with E-state index in [9.17, 15) is 0 Å². The zero-order valence-corrected chi connectivity index (χ0v) is 13.2. The number of hydrogen-bond acceptors (Lipinski definition) is 1. The zero-order valence-electron chi connectivity index (χ0n) is 13.2. The van der Waals surface area contributed by atoms with Crippen LogP contribution in [0.2, 0.25) is 0 Å². The standard InChI is InChI=1S/C19H19N3/c1-4-22-16-8-6-5-7-14(16)12-18(22)19-20-15-11-13(2)9-10-17(15)21(19)3/h5-12H,4H2,1-3H3. The maximum atomic E-state index is 4.89. The number of para-hydroxylation sites is 1. The molecule has 110 valence electrons. The van der Waals surface area contributed by atoms with Gasteiger partial charge in [0.15, 0.2) is 5.82 Å². The summed E-state index contributed by atoms with van der Waals surface area (Å²) >= 11 is 0. The Morgan fingerprint density at radius 3 is 2.64 bits per heavy atom. The number of imidazole rings is 1. The predicted octanol–water partition coefficient (Wildman–Crippen LogP) is 4.52. The third-order valence-electron chi connectivity index (χ3n) is 4.39. The highest BCUT2D eigenvalue weighted by Crippen LogP contribution is 2.30. The van der Waals surface area contributed by atoms with E-state index in [0.717, 1.165) is 17.9 Å². The number of aromatic nitrogens is 3. The summed E-state index contributed by atoms with van der Waals surface area (Å²) in [5.41, 5.74) is 5.93. The van der Waals surface area contributed by atoms with Crippen LogP contribution in [-0.4, -0.2) is 14.1 Å². The second-order valence-corrected chi connectivity index (χ2v) is 5.82. The summed E-state index contributed by atoms with van der Waals surface area (Å²) in [6.45, 7) is 5.23. The number of hydrogen-bond donors (Lipinski definition) is 0. The molecule has 3 nitrogen and oxygen atoms in total. The summed E-state index contributed by atoms with van der Waals surface area (Å²) < 4.78 is 4.53. The Labute approximate surface area is 129 Å². The third kappa shape index (κ3) is 1.78. The molecule has 0 saturated carbocycles. The Balaban J connectivity index is 2.04. The summed E-state index contributed by atoms with van der Waals surface area (Å²) in [4.78, 5) is 4.89. The van der Waals surface area contributed by atoms with Gasteiger partial charge in [-0.15, -0.1) is 0 Å². The van der Waals surface area contributed by atoms with Crippen LogP contribution in [0.15, 0.2) is 48.5 Å². The van der Waals surface area contributed by atoms with Gasteiger partial charge in [-0.25, -0.2) is 4.98 Å². The van der Waals surface area contributed by atoms with E-state index in [1.807, 2.05) is 0 Å². The van der Waals surface area contributed by atoms with E-state index in [-0.39, 0.29) is 0 Å². The fourth-order valence-electron chi connectivity index (χ4n) is 3.28. The SMILES string of the molecule is CCn1c(-c2nc3cc(C)ccc3n2C)cc2ccccc21. The van der Waals surface area contributed by atoms with Crippen LogP contribution in [0.5, 0.6) is 0 Å². The Morgan fingerprint density at radius 1 is 1.00 bits per heavy atom. The Morgan fingerprint density at radius 2 is 1.82 bits per heavy atom. The number of rotatable bonds is 2. The molecular formula is C19H19N3. The highest BCUT2D eigenvalue weighted by Gasteiger charge is 2.15. The molecule has 0 saturated heterocycles. The van der Waals surface area contributed by atoms with Crippen LogP contribution in [0.3, 0.4) is 0 Å². The minimum absolute atomic E-state index is 0.936. The number of fused-ring (bicyclic) bond motifs is 2. The van der Waals surface area contributed by atoms with Crippen molar-refractivity contribution < 1.29 is 0 Å². The molecule has 0 aliphatic carbocycles. The molecule has 0 amide bonds. The van der Waals surface area contributed by atoms with E-state index < -0.39 is 0 Å². The molecule has 0 radical (unpaired) electrons. The molecule has 2 aromatic heterocycles. The van der Waals surface area contributed by atoms with E-state index in [0.29, 0.717) is 0 Å². The van der Waals surface area contributed by atoms with Gasteiger partial charge in [0, 0.05) is 24.5 Å². The van der Waals surface area contributed by atoms with E-state index in [1.165, 1.54) is 27.7 Å². The van der Waals surface area contributed by atoms with Crippen LogP contribution in [0.25, 0.3) is 33.5 Å². The molecule has 0 unspecified atom stereocenters. The Bertz CT molecular complexity index is 989. The first-order valence-electron chi connectivity index (χ1n) is 7.70. The lowest BCUT2D eigenvalue weighted by Crippen LogP contribution is -2.01. The van der Waals surface area contributed by atoms with Gasteiger partial charge in [-0.1, -0.05) is 24.3 Å². The van der Waals surface area contributed by atoms with Crippen LogP contribution in [0, 0.1) is 6.92 Å². The number of benzene rings is 2. The van der Waals surface area contributed by atoms with Crippen LogP contribution in [0.1, 0.15) is 12.5 Å². The molecule has 0 atom stereocenters. The van der Waals surface area contributed by atoms with Crippen molar-refractivity contribution >= 4 is 21.9 Å². The van der Waals surface area contributed by atoms with Gasteiger partial charge >= 0.3 is 0 Å². The Kier molecular flexibility index (Phi) is 2.83. The second-order valence-electron chi connectivity index (χ2n) is 5.82. The lowest BCUT2D eigenvalue weighted by atomic mass is 10.2. The van der Waals surface area contributed by atoms with Crippen molar-refractivity contribution in [3.05, 3.63) is 54.1 Å². The van der Waals surface area contributed by atoms with Gasteiger partial charge in [-0.3, -0.25) is 0 Å². The maximum Gasteiger partial charge on any atom is 0.157 e. The fourth-order valence-corrected chi connectivity index (χ4v) is 3.28. The van der Waals surface area contributed by atoms with Crippen molar-refractivity contribution in [3.8, 4) is 11.5 Å². The molecule has 2 heterocycles. The largest absolute Gasteiger partial charge is 0.338 e. The van der Waals surface area contributed by atoms with Crippen molar-refractivity contribution in [2.24, 2.45) is 7.05 Å². The molecule has 0 aliphatic heterocycles. The summed E-state index contributed by atoms with van der Waals surface area (Å²) in [7, 11) is 2.09. The van der Waals surface area contributed by atoms with Crippen LogP contribution in [-0.2, 0) is 13.6 Å². The van der Waals surface area contributed by atoms with E-state index in [2.05, 4.69) is 78.6 Å². The molecule has 4 rings (SSSR count). The molecule has 2 aromatic carbocycles. The lowest BCUT2D eigenvalue weighted by molar-refractivity contribution is 0.791. The number of aryl methyl sites for hydroxylation is 3. The molecule has 0 fully saturated rings. The Hall–Kier alpha value is -2.55. The number of nitrogens with zero attached hydrogens (tertiary/aromatic N) is 3. The van der Waals surface area contributed by atoms with Gasteiger partial charge in [0.2, 0.25) is 0 Å². The average Bonchev–Trinajstić information content (AvgIpc) is 3.04. The van der Waals surface area contributed by atoms with E-state index >= 15 is 0 Å². The minimum atomic E-state index is 0.936. The van der Waals surface area contributed by atoms with Crippen LogP contribution >= 0.6 is 0 Å². The molecule has 22 heavy (non-hydrogen) atoms. The quantitative estimate of drug-likeness (QED) is 0.532. The average molecular weight is 289 g/mol. The predicted molar refractivity (Wildman–Crippen MR) is 92.1 cm³/mol. The molecule has 0 spiro atoms. The van der Waals surface area contributed by atoms with Gasteiger partial charge in [0.25, 0.3) is 0 Å². The smallest absolute Gasteiger partial charge is 0.157 e. The normalized spacial score (nSPS) is 11.6. The first-order valence-corrected chi connectivity index (χ1v) is 7.70. The van der Waals surface area contributed by atoms with Crippen molar-refractivity contribution in [2.45, 2.75) is 20.4 Å². The molecule has 4 aromatic rings. The fraction of sp³-hybridized carbons (Fsp3) is 0.211.